The summed E-state index contributed by atoms with van der Waals surface area (Å²) in [6.07, 6.45) is 6.02. The lowest BCUT2D eigenvalue weighted by molar-refractivity contribution is 0.107. The van der Waals surface area contributed by atoms with Gasteiger partial charge in [-0.05, 0) is 31.1 Å². The van der Waals surface area contributed by atoms with Gasteiger partial charge in [0.25, 0.3) is 0 Å². The predicted molar refractivity (Wildman–Crippen MR) is 55.0 cm³/mol. The smallest absolute Gasteiger partial charge is 0.165 e. The maximum Gasteiger partial charge on any atom is 0.165 e. The number of aromatic nitrogens is 3. The van der Waals surface area contributed by atoms with Gasteiger partial charge in [-0.2, -0.15) is 0 Å². The van der Waals surface area contributed by atoms with E-state index in [9.17, 15) is 0 Å². The summed E-state index contributed by atoms with van der Waals surface area (Å²) in [5, 5.41) is 7.80. The van der Waals surface area contributed by atoms with Crippen molar-refractivity contribution in [2.75, 3.05) is 12.3 Å². The molecule has 0 spiro atoms. The second-order valence-electron chi connectivity index (χ2n) is 4.65. The molecular formula is C10H16N4O. The molecule has 1 saturated carbocycles. The Morgan fingerprint density at radius 3 is 3.27 bits per heavy atom. The lowest BCUT2D eigenvalue weighted by atomic mass is 9.80. The molecule has 3 unspecified atom stereocenters. The molecule has 1 aliphatic carbocycles. The Hall–Kier alpha value is -1.10. The van der Waals surface area contributed by atoms with Crippen LogP contribution in [0.4, 0.5) is 5.82 Å². The van der Waals surface area contributed by atoms with Gasteiger partial charge >= 0.3 is 0 Å². The van der Waals surface area contributed by atoms with Crippen LogP contribution in [0.5, 0.6) is 0 Å². The monoisotopic (exact) mass is 208 g/mol. The summed E-state index contributed by atoms with van der Waals surface area (Å²) >= 11 is 0. The molecule has 15 heavy (non-hydrogen) atoms. The van der Waals surface area contributed by atoms with Crippen LogP contribution in [0.25, 0.3) is 0 Å². The molecule has 3 rings (SSSR count). The fourth-order valence-electron chi connectivity index (χ4n) is 2.78. The van der Waals surface area contributed by atoms with Crippen molar-refractivity contribution in [3.05, 3.63) is 6.20 Å². The zero-order chi connectivity index (χ0) is 10.3. The molecule has 3 atom stereocenters. The van der Waals surface area contributed by atoms with Gasteiger partial charge in [0.2, 0.25) is 0 Å². The zero-order valence-corrected chi connectivity index (χ0v) is 8.67. The minimum atomic E-state index is 0.506. The van der Waals surface area contributed by atoms with Gasteiger partial charge in [-0.15, -0.1) is 5.10 Å². The largest absolute Gasteiger partial charge is 0.381 e. The number of anilines is 1. The number of hydrogen-bond acceptors (Lipinski definition) is 4. The molecule has 0 amide bonds. The van der Waals surface area contributed by atoms with Crippen molar-refractivity contribution in [3.63, 3.8) is 0 Å². The van der Waals surface area contributed by atoms with Crippen molar-refractivity contribution >= 4 is 5.82 Å². The van der Waals surface area contributed by atoms with E-state index in [1.54, 1.807) is 0 Å². The minimum Gasteiger partial charge on any atom is -0.381 e. The number of ether oxygens (including phenoxy) is 1. The summed E-state index contributed by atoms with van der Waals surface area (Å²) in [5.41, 5.74) is 5.54. The van der Waals surface area contributed by atoms with Crippen molar-refractivity contribution < 1.29 is 4.74 Å². The Morgan fingerprint density at radius 2 is 2.47 bits per heavy atom. The summed E-state index contributed by atoms with van der Waals surface area (Å²) in [5.74, 6) is 1.91. The van der Waals surface area contributed by atoms with E-state index in [1.165, 1.54) is 19.3 Å². The molecule has 0 radical (unpaired) electrons. The molecular weight excluding hydrogens is 192 g/mol. The summed E-state index contributed by atoms with van der Waals surface area (Å²) < 4.78 is 7.54. The van der Waals surface area contributed by atoms with Crippen molar-refractivity contribution in [1.82, 2.24) is 15.0 Å². The SMILES string of the molecule is Nc1cn(CC2CCC3CC2CO3)nn1. The first-order valence-corrected chi connectivity index (χ1v) is 5.58. The maximum absolute atomic E-state index is 5.68. The Labute approximate surface area is 88.6 Å². The van der Waals surface area contributed by atoms with E-state index in [0.29, 0.717) is 23.8 Å². The molecule has 2 aliphatic rings. The molecule has 1 aromatic rings. The highest BCUT2D eigenvalue weighted by Gasteiger charge is 2.36. The molecule has 1 saturated heterocycles. The van der Waals surface area contributed by atoms with E-state index in [1.807, 2.05) is 10.9 Å². The van der Waals surface area contributed by atoms with Gasteiger partial charge in [0.1, 0.15) is 0 Å². The van der Waals surface area contributed by atoms with Crippen LogP contribution in [0, 0.1) is 11.8 Å². The van der Waals surface area contributed by atoms with E-state index < -0.39 is 0 Å². The third kappa shape index (κ3) is 1.71. The van der Waals surface area contributed by atoms with E-state index >= 15 is 0 Å². The van der Waals surface area contributed by atoms with Crippen LogP contribution < -0.4 is 5.73 Å². The van der Waals surface area contributed by atoms with E-state index in [0.717, 1.165) is 13.2 Å². The standard InChI is InChI=1S/C10H16N4O/c11-10-5-14(13-12-10)4-7-1-2-9-3-8(7)6-15-9/h5,7-9H,1-4,6,11H2. The summed E-state index contributed by atoms with van der Waals surface area (Å²) in [7, 11) is 0. The van der Waals surface area contributed by atoms with E-state index in [2.05, 4.69) is 10.3 Å². The van der Waals surface area contributed by atoms with Gasteiger partial charge in [0, 0.05) is 6.54 Å². The molecule has 2 N–H and O–H groups in total. The molecule has 2 fully saturated rings. The van der Waals surface area contributed by atoms with Crippen molar-refractivity contribution in [3.8, 4) is 0 Å². The average Bonchev–Trinajstić information content (AvgIpc) is 2.79. The van der Waals surface area contributed by atoms with Crippen LogP contribution in [0.2, 0.25) is 0 Å². The molecule has 1 aromatic heterocycles. The zero-order valence-electron chi connectivity index (χ0n) is 8.67. The van der Waals surface area contributed by atoms with Gasteiger partial charge in [-0.3, -0.25) is 4.68 Å². The first kappa shape index (κ1) is 9.15. The number of nitrogens with zero attached hydrogens (tertiary/aromatic N) is 3. The van der Waals surface area contributed by atoms with Gasteiger partial charge in [-0.25, -0.2) is 0 Å². The topological polar surface area (TPSA) is 66.0 Å². The third-order valence-corrected chi connectivity index (χ3v) is 3.62. The second-order valence-corrected chi connectivity index (χ2v) is 4.65. The fraction of sp³-hybridized carbons (Fsp3) is 0.800. The second kappa shape index (κ2) is 3.48. The van der Waals surface area contributed by atoms with Crippen molar-refractivity contribution in [2.45, 2.75) is 31.9 Å². The molecule has 1 aliphatic heterocycles. The number of fused-ring (bicyclic) bond motifs is 2. The van der Waals surface area contributed by atoms with Crippen LogP contribution in [0.3, 0.4) is 0 Å². The lowest BCUT2D eigenvalue weighted by Gasteiger charge is -2.26. The number of nitrogens with two attached hydrogens (primary N) is 1. The molecule has 82 valence electrons. The van der Waals surface area contributed by atoms with E-state index in [-0.39, 0.29) is 0 Å². The number of nitrogen functional groups attached to an aromatic ring is 1. The molecule has 5 heteroatoms. The fourth-order valence-corrected chi connectivity index (χ4v) is 2.78. The average molecular weight is 208 g/mol. The van der Waals surface area contributed by atoms with Crippen LogP contribution in [0.15, 0.2) is 6.20 Å². The van der Waals surface area contributed by atoms with Crippen molar-refractivity contribution in [2.24, 2.45) is 11.8 Å². The van der Waals surface area contributed by atoms with Gasteiger partial charge in [-0.1, -0.05) is 5.21 Å². The number of hydrogen-bond donors (Lipinski definition) is 1. The minimum absolute atomic E-state index is 0.506. The first-order chi connectivity index (χ1) is 7.31. The van der Waals surface area contributed by atoms with Gasteiger partial charge in [0.05, 0.1) is 18.9 Å². The third-order valence-electron chi connectivity index (χ3n) is 3.62. The normalized spacial score (nSPS) is 34.5. The van der Waals surface area contributed by atoms with Gasteiger partial charge < -0.3 is 10.5 Å². The highest BCUT2D eigenvalue weighted by atomic mass is 16.5. The Kier molecular flexibility index (Phi) is 2.12. The van der Waals surface area contributed by atoms with Crippen LogP contribution in [-0.4, -0.2) is 27.7 Å². The van der Waals surface area contributed by atoms with Crippen LogP contribution >= 0.6 is 0 Å². The highest BCUT2D eigenvalue weighted by molar-refractivity contribution is 5.19. The van der Waals surface area contributed by atoms with Crippen molar-refractivity contribution in [1.29, 1.82) is 0 Å². The first-order valence-electron chi connectivity index (χ1n) is 5.58. The maximum atomic E-state index is 5.68. The highest BCUT2D eigenvalue weighted by Crippen LogP contribution is 2.38. The van der Waals surface area contributed by atoms with Gasteiger partial charge in [0.15, 0.2) is 5.82 Å². The Balaban J connectivity index is 1.67. The quantitative estimate of drug-likeness (QED) is 0.776. The summed E-state index contributed by atoms with van der Waals surface area (Å²) in [6, 6.07) is 0. The van der Waals surface area contributed by atoms with Crippen LogP contribution in [0.1, 0.15) is 19.3 Å². The predicted octanol–water partition coefficient (Wildman–Crippen LogP) is 0.675. The summed E-state index contributed by atoms with van der Waals surface area (Å²) in [6.45, 7) is 1.87. The molecule has 0 aromatic carbocycles. The lowest BCUT2D eigenvalue weighted by Crippen LogP contribution is -2.25. The van der Waals surface area contributed by atoms with E-state index in [4.69, 9.17) is 10.5 Å². The Morgan fingerprint density at radius 1 is 1.53 bits per heavy atom. The summed E-state index contributed by atoms with van der Waals surface area (Å²) in [4.78, 5) is 0. The molecule has 2 heterocycles. The Bertz CT molecular complexity index is 351. The number of rotatable bonds is 2. The van der Waals surface area contributed by atoms with Crippen LogP contribution in [-0.2, 0) is 11.3 Å². The molecule has 2 bridgehead atoms. The molecule has 5 nitrogen and oxygen atoms in total.